The largest absolute Gasteiger partial charge is 0.324 e. The summed E-state index contributed by atoms with van der Waals surface area (Å²) in [6.07, 6.45) is 3.95. The fourth-order valence-electron chi connectivity index (χ4n) is 1.89. The lowest BCUT2D eigenvalue weighted by molar-refractivity contribution is 0.264. The summed E-state index contributed by atoms with van der Waals surface area (Å²) < 4.78 is 1.17. The Labute approximate surface area is 93.8 Å². The van der Waals surface area contributed by atoms with E-state index >= 15 is 0 Å². The molecule has 1 fully saturated rings. The fraction of sp³-hybridized carbons (Fsp3) is 0.500. The zero-order valence-electron chi connectivity index (χ0n) is 8.46. The molecule has 0 unspecified atom stereocenters. The zero-order valence-corrected chi connectivity index (χ0v) is 10.0. The van der Waals surface area contributed by atoms with Gasteiger partial charge in [0.05, 0.1) is 0 Å². The average molecular weight is 254 g/mol. The van der Waals surface area contributed by atoms with Crippen LogP contribution in [0.1, 0.15) is 36.4 Å². The molecule has 0 amide bonds. The Morgan fingerprint density at radius 1 is 1.43 bits per heavy atom. The van der Waals surface area contributed by atoms with E-state index in [2.05, 4.69) is 41.1 Å². The summed E-state index contributed by atoms with van der Waals surface area (Å²) in [7, 11) is 0. The van der Waals surface area contributed by atoms with Gasteiger partial charge in [0, 0.05) is 10.5 Å². The minimum Gasteiger partial charge on any atom is -0.324 e. The highest BCUT2D eigenvalue weighted by Gasteiger charge is 2.25. The number of halogens is 1. The molecule has 1 aliphatic rings. The average Bonchev–Trinajstić information content (AvgIpc) is 2.06. The second-order valence-electron chi connectivity index (χ2n) is 4.23. The first-order valence-electron chi connectivity index (χ1n) is 5.20. The molecule has 14 heavy (non-hydrogen) atoms. The van der Waals surface area contributed by atoms with Crippen LogP contribution in [0.3, 0.4) is 0 Å². The van der Waals surface area contributed by atoms with Crippen molar-refractivity contribution in [2.75, 3.05) is 0 Å². The molecule has 0 aromatic heterocycles. The molecule has 1 aromatic rings. The SMILES string of the molecule is Cc1ccc([C@@H](N)C2CCC2)cc1Br. The Bertz CT molecular complexity index is 331. The van der Waals surface area contributed by atoms with Crippen molar-refractivity contribution in [3.05, 3.63) is 33.8 Å². The molecule has 0 aliphatic heterocycles. The monoisotopic (exact) mass is 253 g/mol. The van der Waals surface area contributed by atoms with E-state index in [1.54, 1.807) is 0 Å². The molecular formula is C12H16BrN. The Balaban J connectivity index is 2.18. The van der Waals surface area contributed by atoms with Crippen LogP contribution in [0, 0.1) is 12.8 Å². The predicted octanol–water partition coefficient (Wildman–Crippen LogP) is 3.56. The Morgan fingerprint density at radius 2 is 2.14 bits per heavy atom. The van der Waals surface area contributed by atoms with E-state index in [4.69, 9.17) is 5.73 Å². The van der Waals surface area contributed by atoms with Gasteiger partial charge >= 0.3 is 0 Å². The first kappa shape index (κ1) is 10.2. The standard InChI is InChI=1S/C12H16BrN/c1-8-5-6-10(7-11(8)13)12(14)9-3-2-4-9/h5-7,9,12H,2-4,14H2,1H3/t12-/m0/s1. The molecule has 0 spiro atoms. The third-order valence-corrected chi connectivity index (χ3v) is 4.09. The fourth-order valence-corrected chi connectivity index (χ4v) is 2.28. The van der Waals surface area contributed by atoms with Gasteiger partial charge in [-0.05, 0) is 42.9 Å². The van der Waals surface area contributed by atoms with Crippen molar-refractivity contribution in [3.63, 3.8) is 0 Å². The predicted molar refractivity (Wildman–Crippen MR) is 63.1 cm³/mol. The highest BCUT2D eigenvalue weighted by atomic mass is 79.9. The van der Waals surface area contributed by atoms with Crippen LogP contribution in [-0.2, 0) is 0 Å². The van der Waals surface area contributed by atoms with Gasteiger partial charge < -0.3 is 5.73 Å². The molecule has 1 nitrogen and oxygen atoms in total. The number of nitrogens with two attached hydrogens (primary N) is 1. The topological polar surface area (TPSA) is 26.0 Å². The van der Waals surface area contributed by atoms with Crippen LogP contribution in [0.4, 0.5) is 0 Å². The van der Waals surface area contributed by atoms with Gasteiger partial charge in [-0.1, -0.05) is 34.5 Å². The Morgan fingerprint density at radius 3 is 2.64 bits per heavy atom. The van der Waals surface area contributed by atoms with Crippen molar-refractivity contribution < 1.29 is 0 Å². The smallest absolute Gasteiger partial charge is 0.0323 e. The van der Waals surface area contributed by atoms with Crippen molar-refractivity contribution in [2.24, 2.45) is 11.7 Å². The molecule has 2 N–H and O–H groups in total. The number of hydrogen-bond acceptors (Lipinski definition) is 1. The van der Waals surface area contributed by atoms with Crippen LogP contribution in [-0.4, -0.2) is 0 Å². The first-order chi connectivity index (χ1) is 6.68. The lowest BCUT2D eigenvalue weighted by Crippen LogP contribution is -2.26. The normalized spacial score (nSPS) is 19.1. The maximum absolute atomic E-state index is 6.20. The number of benzene rings is 1. The lowest BCUT2D eigenvalue weighted by Gasteiger charge is -2.31. The van der Waals surface area contributed by atoms with Gasteiger partial charge in [0.2, 0.25) is 0 Å². The molecule has 2 rings (SSSR count). The highest BCUT2D eigenvalue weighted by Crippen LogP contribution is 2.36. The quantitative estimate of drug-likeness (QED) is 0.858. The molecule has 1 atom stereocenters. The van der Waals surface area contributed by atoms with E-state index in [1.807, 2.05) is 0 Å². The van der Waals surface area contributed by atoms with E-state index < -0.39 is 0 Å². The number of hydrogen-bond donors (Lipinski definition) is 1. The van der Waals surface area contributed by atoms with Crippen molar-refractivity contribution in [1.82, 2.24) is 0 Å². The molecule has 1 aliphatic carbocycles. The summed E-state index contributed by atoms with van der Waals surface area (Å²) in [6.45, 7) is 2.10. The van der Waals surface area contributed by atoms with Crippen molar-refractivity contribution in [3.8, 4) is 0 Å². The molecule has 2 heteroatoms. The second kappa shape index (κ2) is 4.03. The molecule has 0 saturated heterocycles. The third kappa shape index (κ3) is 1.86. The van der Waals surface area contributed by atoms with E-state index in [9.17, 15) is 0 Å². The summed E-state index contributed by atoms with van der Waals surface area (Å²) in [6, 6.07) is 6.69. The number of aryl methyl sites for hydroxylation is 1. The van der Waals surface area contributed by atoms with Crippen LogP contribution < -0.4 is 5.73 Å². The minimum absolute atomic E-state index is 0.237. The van der Waals surface area contributed by atoms with Gasteiger partial charge in [0.15, 0.2) is 0 Å². The van der Waals surface area contributed by atoms with E-state index in [1.165, 1.54) is 34.9 Å². The zero-order chi connectivity index (χ0) is 10.1. The Kier molecular flexibility index (Phi) is 2.93. The molecular weight excluding hydrogens is 238 g/mol. The van der Waals surface area contributed by atoms with Crippen LogP contribution in [0.5, 0.6) is 0 Å². The summed E-state index contributed by atoms with van der Waals surface area (Å²) in [5.74, 6) is 0.713. The van der Waals surface area contributed by atoms with Crippen LogP contribution in [0.15, 0.2) is 22.7 Å². The van der Waals surface area contributed by atoms with Gasteiger partial charge in [-0.25, -0.2) is 0 Å². The third-order valence-electron chi connectivity index (χ3n) is 3.24. The highest BCUT2D eigenvalue weighted by molar-refractivity contribution is 9.10. The Hall–Kier alpha value is -0.340. The number of rotatable bonds is 2. The van der Waals surface area contributed by atoms with E-state index in [0.29, 0.717) is 5.92 Å². The molecule has 0 heterocycles. The van der Waals surface area contributed by atoms with Crippen molar-refractivity contribution in [1.29, 1.82) is 0 Å². The van der Waals surface area contributed by atoms with Gasteiger partial charge in [-0.3, -0.25) is 0 Å². The summed E-state index contributed by atoms with van der Waals surface area (Å²) in [5, 5.41) is 0. The van der Waals surface area contributed by atoms with Crippen LogP contribution in [0.2, 0.25) is 0 Å². The van der Waals surface area contributed by atoms with Crippen molar-refractivity contribution in [2.45, 2.75) is 32.2 Å². The summed E-state index contributed by atoms with van der Waals surface area (Å²) >= 11 is 3.55. The maximum Gasteiger partial charge on any atom is 0.0323 e. The second-order valence-corrected chi connectivity index (χ2v) is 5.08. The molecule has 1 saturated carbocycles. The summed E-state index contributed by atoms with van der Waals surface area (Å²) in [4.78, 5) is 0. The van der Waals surface area contributed by atoms with Crippen LogP contribution >= 0.6 is 15.9 Å². The molecule has 0 radical (unpaired) electrons. The van der Waals surface area contributed by atoms with E-state index in [0.717, 1.165) is 0 Å². The van der Waals surface area contributed by atoms with Gasteiger partial charge in [-0.2, -0.15) is 0 Å². The minimum atomic E-state index is 0.237. The molecule has 1 aromatic carbocycles. The van der Waals surface area contributed by atoms with Crippen LogP contribution in [0.25, 0.3) is 0 Å². The van der Waals surface area contributed by atoms with Gasteiger partial charge in [0.1, 0.15) is 0 Å². The van der Waals surface area contributed by atoms with Gasteiger partial charge in [-0.15, -0.1) is 0 Å². The molecule has 76 valence electrons. The summed E-state index contributed by atoms with van der Waals surface area (Å²) in [5.41, 5.74) is 8.74. The van der Waals surface area contributed by atoms with Gasteiger partial charge in [0.25, 0.3) is 0 Å². The molecule has 0 bridgehead atoms. The first-order valence-corrected chi connectivity index (χ1v) is 5.99. The van der Waals surface area contributed by atoms with Crippen molar-refractivity contribution >= 4 is 15.9 Å². The lowest BCUT2D eigenvalue weighted by atomic mass is 9.77. The van der Waals surface area contributed by atoms with E-state index in [-0.39, 0.29) is 6.04 Å². The maximum atomic E-state index is 6.20.